The molecule has 0 saturated carbocycles. The molecule has 1 aliphatic rings. The SMILES string of the molecule is Cc1ccc(N2CCN(C(=O)c3nc(-c4ccnn4-c4ccccc4)n4ccncc34)CC2)cc1. The van der Waals surface area contributed by atoms with Gasteiger partial charge in [0, 0.05) is 44.3 Å². The fraction of sp³-hybridized carbons (Fsp3) is 0.185. The molecule has 0 N–H and O–H groups in total. The van der Waals surface area contributed by atoms with Gasteiger partial charge in [-0.2, -0.15) is 5.10 Å². The summed E-state index contributed by atoms with van der Waals surface area (Å²) >= 11 is 0. The normalized spacial score (nSPS) is 14.0. The number of hydrogen-bond acceptors (Lipinski definition) is 5. The molecule has 0 bridgehead atoms. The van der Waals surface area contributed by atoms with Crippen molar-refractivity contribution in [2.75, 3.05) is 31.1 Å². The summed E-state index contributed by atoms with van der Waals surface area (Å²) in [5.74, 6) is 0.585. The van der Waals surface area contributed by atoms with E-state index in [2.05, 4.69) is 46.2 Å². The number of fused-ring (bicyclic) bond motifs is 1. The summed E-state index contributed by atoms with van der Waals surface area (Å²) in [6, 6.07) is 20.3. The number of aryl methyl sites for hydroxylation is 1. The zero-order valence-electron chi connectivity index (χ0n) is 19.5. The molecule has 0 radical (unpaired) electrons. The van der Waals surface area contributed by atoms with Crippen molar-refractivity contribution in [3.8, 4) is 17.2 Å². The molecule has 35 heavy (non-hydrogen) atoms. The minimum Gasteiger partial charge on any atom is -0.368 e. The summed E-state index contributed by atoms with van der Waals surface area (Å²) in [6.45, 7) is 4.94. The van der Waals surface area contributed by atoms with E-state index >= 15 is 0 Å². The van der Waals surface area contributed by atoms with Gasteiger partial charge >= 0.3 is 0 Å². The Labute approximate surface area is 203 Å². The van der Waals surface area contributed by atoms with Crippen LogP contribution in [-0.4, -0.2) is 61.1 Å². The van der Waals surface area contributed by atoms with Gasteiger partial charge in [0.25, 0.3) is 5.91 Å². The molecule has 1 fully saturated rings. The van der Waals surface area contributed by atoms with E-state index in [1.807, 2.05) is 56.6 Å². The van der Waals surface area contributed by atoms with Crippen LogP contribution in [0.15, 0.2) is 85.5 Å². The van der Waals surface area contributed by atoms with Crippen LogP contribution in [0.25, 0.3) is 22.7 Å². The summed E-state index contributed by atoms with van der Waals surface area (Å²) in [5, 5.41) is 4.50. The summed E-state index contributed by atoms with van der Waals surface area (Å²) in [7, 11) is 0. The van der Waals surface area contributed by atoms with Crippen molar-refractivity contribution in [3.63, 3.8) is 0 Å². The van der Waals surface area contributed by atoms with E-state index in [-0.39, 0.29) is 5.91 Å². The van der Waals surface area contributed by atoms with Crippen LogP contribution in [0, 0.1) is 6.92 Å². The molecule has 3 aromatic heterocycles. The molecule has 8 nitrogen and oxygen atoms in total. The predicted octanol–water partition coefficient (Wildman–Crippen LogP) is 3.85. The van der Waals surface area contributed by atoms with Crippen LogP contribution in [0.4, 0.5) is 5.69 Å². The summed E-state index contributed by atoms with van der Waals surface area (Å²) in [4.78, 5) is 26.9. The van der Waals surface area contributed by atoms with E-state index in [0.717, 1.165) is 24.5 Å². The fourth-order valence-corrected chi connectivity index (χ4v) is 4.60. The maximum Gasteiger partial charge on any atom is 0.274 e. The molecule has 1 amide bonds. The summed E-state index contributed by atoms with van der Waals surface area (Å²) < 4.78 is 3.75. The topological polar surface area (TPSA) is 71.6 Å². The van der Waals surface area contributed by atoms with Crippen molar-refractivity contribution in [2.45, 2.75) is 6.92 Å². The minimum atomic E-state index is -0.0731. The Bertz CT molecular complexity index is 1480. The smallest absolute Gasteiger partial charge is 0.274 e. The van der Waals surface area contributed by atoms with Gasteiger partial charge in [-0.05, 0) is 37.3 Å². The maximum absolute atomic E-state index is 13.6. The first kappa shape index (κ1) is 21.1. The molecule has 0 spiro atoms. The fourth-order valence-electron chi connectivity index (χ4n) is 4.60. The molecule has 0 aliphatic carbocycles. The molecule has 0 unspecified atom stereocenters. The summed E-state index contributed by atoms with van der Waals surface area (Å²) in [5.41, 5.74) is 5.27. The third-order valence-electron chi connectivity index (χ3n) is 6.49. The van der Waals surface area contributed by atoms with Crippen molar-refractivity contribution < 1.29 is 4.79 Å². The predicted molar refractivity (Wildman–Crippen MR) is 135 cm³/mol. The van der Waals surface area contributed by atoms with Crippen molar-refractivity contribution in [2.24, 2.45) is 0 Å². The molecule has 174 valence electrons. The molecule has 2 aromatic carbocycles. The number of hydrogen-bond donors (Lipinski definition) is 0. The number of rotatable bonds is 4. The van der Waals surface area contributed by atoms with E-state index in [1.165, 1.54) is 11.3 Å². The third-order valence-corrected chi connectivity index (χ3v) is 6.49. The van der Waals surface area contributed by atoms with Crippen molar-refractivity contribution in [3.05, 3.63) is 96.7 Å². The molecule has 8 heteroatoms. The number of carbonyl (C=O) groups is 1. The lowest BCUT2D eigenvalue weighted by molar-refractivity contribution is 0.0743. The second-order valence-corrected chi connectivity index (χ2v) is 8.69. The monoisotopic (exact) mass is 463 g/mol. The highest BCUT2D eigenvalue weighted by atomic mass is 16.2. The van der Waals surface area contributed by atoms with Crippen LogP contribution in [0.1, 0.15) is 16.1 Å². The Morgan fingerprint density at radius 1 is 0.857 bits per heavy atom. The number of para-hydroxylation sites is 1. The second kappa shape index (κ2) is 8.72. The molecule has 1 aliphatic heterocycles. The van der Waals surface area contributed by atoms with Crippen LogP contribution >= 0.6 is 0 Å². The number of aromatic nitrogens is 5. The lowest BCUT2D eigenvalue weighted by Crippen LogP contribution is -2.49. The molecule has 4 heterocycles. The number of nitrogens with zero attached hydrogens (tertiary/aromatic N) is 7. The first-order valence-corrected chi connectivity index (χ1v) is 11.7. The number of carbonyl (C=O) groups excluding carboxylic acids is 1. The van der Waals surface area contributed by atoms with Gasteiger partial charge in [0.15, 0.2) is 11.5 Å². The van der Waals surface area contributed by atoms with Crippen molar-refractivity contribution in [1.29, 1.82) is 0 Å². The van der Waals surface area contributed by atoms with Gasteiger partial charge in [0.1, 0.15) is 5.69 Å². The van der Waals surface area contributed by atoms with Gasteiger partial charge in [-0.1, -0.05) is 35.9 Å². The maximum atomic E-state index is 13.6. The highest BCUT2D eigenvalue weighted by Crippen LogP contribution is 2.26. The van der Waals surface area contributed by atoms with E-state index in [0.29, 0.717) is 30.1 Å². The average Bonchev–Trinajstić information content (AvgIpc) is 3.54. The van der Waals surface area contributed by atoms with Crippen LogP contribution in [0.2, 0.25) is 0 Å². The van der Waals surface area contributed by atoms with Gasteiger partial charge in [0.2, 0.25) is 0 Å². The average molecular weight is 464 g/mol. The molecule has 0 atom stereocenters. The third kappa shape index (κ3) is 3.82. The van der Waals surface area contributed by atoms with E-state index in [4.69, 9.17) is 4.98 Å². The van der Waals surface area contributed by atoms with Crippen molar-refractivity contribution in [1.82, 2.24) is 29.0 Å². The van der Waals surface area contributed by atoms with Gasteiger partial charge in [-0.3, -0.25) is 14.2 Å². The van der Waals surface area contributed by atoms with Gasteiger partial charge in [-0.25, -0.2) is 9.67 Å². The number of benzene rings is 2. The van der Waals surface area contributed by atoms with Crippen LogP contribution < -0.4 is 4.90 Å². The Hall–Kier alpha value is -4.46. The Morgan fingerprint density at radius 3 is 2.40 bits per heavy atom. The lowest BCUT2D eigenvalue weighted by atomic mass is 10.2. The lowest BCUT2D eigenvalue weighted by Gasteiger charge is -2.36. The second-order valence-electron chi connectivity index (χ2n) is 8.69. The van der Waals surface area contributed by atoms with Gasteiger partial charge < -0.3 is 9.80 Å². The largest absolute Gasteiger partial charge is 0.368 e. The quantitative estimate of drug-likeness (QED) is 0.405. The first-order chi connectivity index (χ1) is 17.2. The molecule has 5 aromatic rings. The first-order valence-electron chi connectivity index (χ1n) is 11.7. The number of piperazine rings is 1. The van der Waals surface area contributed by atoms with Crippen LogP contribution in [-0.2, 0) is 0 Å². The Kier molecular flexibility index (Phi) is 5.25. The minimum absolute atomic E-state index is 0.0731. The van der Waals surface area contributed by atoms with Crippen molar-refractivity contribution >= 4 is 17.1 Å². The zero-order valence-corrected chi connectivity index (χ0v) is 19.5. The van der Waals surface area contributed by atoms with Gasteiger partial charge in [-0.15, -0.1) is 0 Å². The zero-order chi connectivity index (χ0) is 23.8. The van der Waals surface area contributed by atoms with Crippen LogP contribution in [0.5, 0.6) is 0 Å². The van der Waals surface area contributed by atoms with Gasteiger partial charge in [0.05, 0.1) is 23.6 Å². The highest BCUT2D eigenvalue weighted by Gasteiger charge is 2.27. The van der Waals surface area contributed by atoms with E-state index in [9.17, 15) is 4.79 Å². The molecular weight excluding hydrogens is 438 g/mol. The number of imidazole rings is 1. The van der Waals surface area contributed by atoms with Crippen LogP contribution in [0.3, 0.4) is 0 Å². The summed E-state index contributed by atoms with van der Waals surface area (Å²) in [6.07, 6.45) is 6.99. The van der Waals surface area contributed by atoms with E-state index in [1.54, 1.807) is 18.6 Å². The number of amides is 1. The highest BCUT2D eigenvalue weighted by molar-refractivity contribution is 6.00. The standard InChI is InChI=1S/C27H25N7O/c1-20-7-9-21(10-8-20)31-15-17-32(18-16-31)27(35)25-24-19-28-13-14-33(24)26(30-25)23-11-12-29-34(23)22-5-3-2-4-6-22/h2-14,19H,15-18H2,1H3. The Morgan fingerprint density at radius 2 is 1.63 bits per heavy atom. The molecule has 6 rings (SSSR count). The Balaban J connectivity index is 1.30. The molecular formula is C27H25N7O. The number of anilines is 1. The van der Waals surface area contributed by atoms with E-state index < -0.39 is 0 Å². The molecule has 1 saturated heterocycles.